The largest absolute Gasteiger partial charge is 0.573 e. The molecule has 1 aromatic rings. The van der Waals surface area contributed by atoms with Crippen LogP contribution in [-0.2, 0) is 9.53 Å². The van der Waals surface area contributed by atoms with Gasteiger partial charge in [-0.15, -0.1) is 13.2 Å². The van der Waals surface area contributed by atoms with Crippen LogP contribution in [0, 0.1) is 0 Å². The van der Waals surface area contributed by atoms with Gasteiger partial charge in [0, 0.05) is 12.5 Å². The first-order chi connectivity index (χ1) is 10.7. The third kappa shape index (κ3) is 4.51. The summed E-state index contributed by atoms with van der Waals surface area (Å²) in [6, 6.07) is 2.66. The number of hydrazone groups is 1. The molecule has 0 saturated heterocycles. The van der Waals surface area contributed by atoms with Crippen LogP contribution < -0.4 is 9.75 Å². The molecule has 5 nitrogen and oxygen atoms in total. The van der Waals surface area contributed by atoms with Crippen molar-refractivity contribution in [1.29, 1.82) is 0 Å². The van der Waals surface area contributed by atoms with Gasteiger partial charge in [0.2, 0.25) is 0 Å². The number of rotatable bonds is 4. The first-order valence-corrected chi connectivity index (χ1v) is 7.62. The Hall–Kier alpha value is -1.48. The van der Waals surface area contributed by atoms with E-state index in [1.54, 1.807) is 6.92 Å². The van der Waals surface area contributed by atoms with Crippen LogP contribution in [0.15, 0.2) is 23.3 Å². The van der Waals surface area contributed by atoms with Crippen molar-refractivity contribution in [1.82, 2.24) is 0 Å². The lowest BCUT2D eigenvalue weighted by Crippen LogP contribution is -2.36. The zero-order chi connectivity index (χ0) is 17.2. The summed E-state index contributed by atoms with van der Waals surface area (Å²) in [5.41, 5.74) is 0.272. The van der Waals surface area contributed by atoms with Gasteiger partial charge >= 0.3 is 12.3 Å². The van der Waals surface area contributed by atoms with Crippen molar-refractivity contribution in [2.24, 2.45) is 5.10 Å². The highest BCUT2D eigenvalue weighted by molar-refractivity contribution is 9.18. The summed E-state index contributed by atoms with van der Waals surface area (Å²) in [5, 5.41) is 5.40. The molecule has 0 radical (unpaired) electrons. The van der Waals surface area contributed by atoms with E-state index < -0.39 is 24.1 Å². The van der Waals surface area contributed by atoms with Gasteiger partial charge in [-0.2, -0.15) is 5.10 Å². The standard InChI is InChI=1S/C13H11BrClF3N2O3/c1-2-22-12(21)10-6-11(14)19-20(10)9-4-3-7(5-8(9)15)23-13(16,17)18/h3-5,10H,2,6H2,1H3. The maximum Gasteiger partial charge on any atom is 0.573 e. The molecule has 0 saturated carbocycles. The van der Waals surface area contributed by atoms with Crippen LogP contribution in [0.1, 0.15) is 13.3 Å². The molecule has 0 aliphatic carbocycles. The number of alkyl halides is 3. The van der Waals surface area contributed by atoms with Crippen molar-refractivity contribution >= 4 is 43.8 Å². The normalized spacial score (nSPS) is 17.9. The molecule has 0 N–H and O–H groups in total. The molecule has 2 rings (SSSR count). The van der Waals surface area contributed by atoms with Gasteiger partial charge in [-0.05, 0) is 35.0 Å². The number of nitrogens with zero attached hydrogens (tertiary/aromatic N) is 2. The first-order valence-electron chi connectivity index (χ1n) is 6.45. The van der Waals surface area contributed by atoms with Gasteiger partial charge in [0.1, 0.15) is 10.4 Å². The molecular formula is C13H11BrClF3N2O3. The maximum absolute atomic E-state index is 12.2. The Morgan fingerprint density at radius 2 is 2.22 bits per heavy atom. The second-order valence-corrected chi connectivity index (χ2v) is 5.78. The number of benzene rings is 1. The molecule has 1 aliphatic rings. The van der Waals surface area contributed by atoms with Crippen LogP contribution in [0.25, 0.3) is 0 Å². The van der Waals surface area contributed by atoms with Crippen LogP contribution in [0.4, 0.5) is 18.9 Å². The van der Waals surface area contributed by atoms with Crippen molar-refractivity contribution in [3.8, 4) is 5.75 Å². The fourth-order valence-electron chi connectivity index (χ4n) is 1.99. The fourth-order valence-corrected chi connectivity index (χ4v) is 2.72. The lowest BCUT2D eigenvalue weighted by Gasteiger charge is -2.23. The monoisotopic (exact) mass is 414 g/mol. The Balaban J connectivity index is 2.27. The zero-order valence-corrected chi connectivity index (χ0v) is 14.1. The van der Waals surface area contributed by atoms with E-state index in [0.29, 0.717) is 4.62 Å². The van der Waals surface area contributed by atoms with Gasteiger partial charge in [0.15, 0.2) is 6.04 Å². The summed E-state index contributed by atoms with van der Waals surface area (Å²) in [5.74, 6) is -0.960. The van der Waals surface area contributed by atoms with Gasteiger partial charge in [-0.3, -0.25) is 0 Å². The number of hydrogen-bond acceptors (Lipinski definition) is 5. The average molecular weight is 416 g/mol. The molecule has 1 aromatic carbocycles. The molecule has 0 spiro atoms. The molecular weight excluding hydrogens is 405 g/mol. The smallest absolute Gasteiger partial charge is 0.464 e. The molecule has 23 heavy (non-hydrogen) atoms. The van der Waals surface area contributed by atoms with E-state index >= 15 is 0 Å². The number of anilines is 1. The Bertz CT molecular complexity index is 639. The predicted molar refractivity (Wildman–Crippen MR) is 82.0 cm³/mol. The van der Waals surface area contributed by atoms with Crippen LogP contribution in [0.2, 0.25) is 5.02 Å². The molecule has 0 amide bonds. The van der Waals surface area contributed by atoms with Gasteiger partial charge < -0.3 is 9.47 Å². The fraction of sp³-hybridized carbons (Fsp3) is 0.385. The third-order valence-corrected chi connectivity index (χ3v) is 3.62. The summed E-state index contributed by atoms with van der Waals surface area (Å²) in [6.07, 6.45) is -4.54. The highest BCUT2D eigenvalue weighted by Crippen LogP contribution is 2.36. The first kappa shape index (κ1) is 17.9. The third-order valence-electron chi connectivity index (χ3n) is 2.83. The number of ether oxygens (including phenoxy) is 2. The van der Waals surface area contributed by atoms with E-state index in [1.807, 2.05) is 0 Å². The second-order valence-electron chi connectivity index (χ2n) is 4.45. The van der Waals surface area contributed by atoms with Crippen LogP contribution in [0.3, 0.4) is 0 Å². The topological polar surface area (TPSA) is 51.1 Å². The quantitative estimate of drug-likeness (QED) is 0.695. The lowest BCUT2D eigenvalue weighted by atomic mass is 10.2. The van der Waals surface area contributed by atoms with Crippen LogP contribution in [0.5, 0.6) is 5.75 Å². The summed E-state index contributed by atoms with van der Waals surface area (Å²) in [7, 11) is 0. The SMILES string of the molecule is CCOC(=O)C1CC(Br)=NN1c1ccc(OC(F)(F)F)cc1Cl. The number of hydrogen-bond donors (Lipinski definition) is 0. The Labute approximate surface area is 143 Å². The summed E-state index contributed by atoms with van der Waals surface area (Å²) in [6.45, 7) is 1.87. The minimum absolute atomic E-state index is 0.0352. The predicted octanol–water partition coefficient (Wildman–Crippen LogP) is 4.09. The maximum atomic E-state index is 12.2. The molecule has 0 fully saturated rings. The molecule has 10 heteroatoms. The van der Waals surface area contributed by atoms with E-state index in [4.69, 9.17) is 16.3 Å². The van der Waals surface area contributed by atoms with E-state index in [2.05, 4.69) is 25.8 Å². The number of carbonyl (C=O) groups is 1. The number of esters is 1. The lowest BCUT2D eigenvalue weighted by molar-refractivity contribution is -0.274. The highest BCUT2D eigenvalue weighted by Gasteiger charge is 2.36. The van der Waals surface area contributed by atoms with Gasteiger partial charge in [0.25, 0.3) is 0 Å². The number of carbonyl (C=O) groups excluding carboxylic acids is 1. The van der Waals surface area contributed by atoms with E-state index in [-0.39, 0.29) is 23.7 Å². The van der Waals surface area contributed by atoms with Crippen molar-refractivity contribution in [3.05, 3.63) is 23.2 Å². The summed E-state index contributed by atoms with van der Waals surface area (Å²) >= 11 is 9.21. The molecule has 126 valence electrons. The van der Waals surface area contributed by atoms with E-state index in [9.17, 15) is 18.0 Å². The summed E-state index contributed by atoms with van der Waals surface area (Å²) in [4.78, 5) is 12.0. The average Bonchev–Trinajstić information content (AvgIpc) is 2.79. The molecule has 1 heterocycles. The molecule has 0 aromatic heterocycles. The minimum Gasteiger partial charge on any atom is -0.464 e. The van der Waals surface area contributed by atoms with Crippen molar-refractivity contribution in [2.45, 2.75) is 25.7 Å². The molecule has 1 unspecified atom stereocenters. The molecule has 0 bridgehead atoms. The number of halogens is 5. The van der Waals surface area contributed by atoms with Gasteiger partial charge in [-0.25, -0.2) is 9.80 Å². The van der Waals surface area contributed by atoms with E-state index in [0.717, 1.165) is 12.1 Å². The van der Waals surface area contributed by atoms with E-state index in [1.165, 1.54) is 11.1 Å². The van der Waals surface area contributed by atoms with Crippen LogP contribution >= 0.6 is 27.5 Å². The zero-order valence-electron chi connectivity index (χ0n) is 11.7. The Morgan fingerprint density at radius 1 is 1.52 bits per heavy atom. The summed E-state index contributed by atoms with van der Waals surface area (Å²) < 4.78 is 45.9. The van der Waals surface area contributed by atoms with Crippen molar-refractivity contribution < 1.29 is 27.4 Å². The van der Waals surface area contributed by atoms with Gasteiger partial charge in [-0.1, -0.05) is 11.6 Å². The second kappa shape index (κ2) is 6.96. The van der Waals surface area contributed by atoms with Crippen LogP contribution in [-0.4, -0.2) is 29.6 Å². The Morgan fingerprint density at radius 3 is 2.78 bits per heavy atom. The molecule has 1 aliphatic heterocycles. The van der Waals surface area contributed by atoms with Crippen molar-refractivity contribution in [2.75, 3.05) is 11.6 Å². The van der Waals surface area contributed by atoms with Gasteiger partial charge in [0.05, 0.1) is 17.3 Å². The highest BCUT2D eigenvalue weighted by atomic mass is 79.9. The minimum atomic E-state index is -4.81. The molecule has 1 atom stereocenters. The Kier molecular flexibility index (Phi) is 5.41. The van der Waals surface area contributed by atoms with Crippen molar-refractivity contribution in [3.63, 3.8) is 0 Å².